The van der Waals surface area contributed by atoms with Crippen molar-refractivity contribution in [1.29, 1.82) is 0 Å². The number of hydrogen-bond acceptors (Lipinski definition) is 2. The van der Waals surface area contributed by atoms with Crippen LogP contribution in [0.25, 0.3) is 0 Å². The molecule has 1 fully saturated rings. The molecule has 1 heterocycles. The van der Waals surface area contributed by atoms with Crippen molar-refractivity contribution in [2.24, 2.45) is 11.8 Å². The normalized spacial score (nSPS) is 21.9. The zero-order valence-corrected chi connectivity index (χ0v) is 11.7. The topological polar surface area (TPSA) is 12.0 Å². The summed E-state index contributed by atoms with van der Waals surface area (Å²) in [6.45, 7) is 5.77. The maximum atomic E-state index is 3.76. The molecule has 1 N–H and O–H groups in total. The van der Waals surface area contributed by atoms with Gasteiger partial charge in [-0.25, -0.2) is 0 Å². The van der Waals surface area contributed by atoms with E-state index in [-0.39, 0.29) is 0 Å². The van der Waals surface area contributed by atoms with Crippen LogP contribution in [0.3, 0.4) is 0 Å². The van der Waals surface area contributed by atoms with E-state index in [9.17, 15) is 0 Å². The zero-order valence-electron chi connectivity index (χ0n) is 10.9. The van der Waals surface area contributed by atoms with Crippen molar-refractivity contribution in [1.82, 2.24) is 5.32 Å². The standard InChI is InChI=1S/C15H23NS/c1-12(2)15(14-6-4-3-5-7-14)16-10-13-8-9-17-11-13/h3-7,12-13,15-16H,8-11H2,1-2H3. The summed E-state index contributed by atoms with van der Waals surface area (Å²) >= 11 is 2.10. The molecule has 0 aromatic heterocycles. The van der Waals surface area contributed by atoms with Gasteiger partial charge < -0.3 is 5.32 Å². The molecular formula is C15H23NS. The van der Waals surface area contributed by atoms with Crippen LogP contribution in [0, 0.1) is 11.8 Å². The molecule has 0 spiro atoms. The molecule has 1 nitrogen and oxygen atoms in total. The highest BCUT2D eigenvalue weighted by molar-refractivity contribution is 7.99. The largest absolute Gasteiger partial charge is 0.309 e. The Labute approximate surface area is 109 Å². The minimum Gasteiger partial charge on any atom is -0.309 e. The molecule has 0 amide bonds. The minimum atomic E-state index is 0.502. The van der Waals surface area contributed by atoms with Crippen molar-refractivity contribution >= 4 is 11.8 Å². The number of nitrogens with one attached hydrogen (secondary N) is 1. The number of thioether (sulfide) groups is 1. The molecule has 2 rings (SSSR count). The predicted molar refractivity (Wildman–Crippen MR) is 77.5 cm³/mol. The van der Waals surface area contributed by atoms with Gasteiger partial charge in [-0.05, 0) is 41.9 Å². The van der Waals surface area contributed by atoms with E-state index in [4.69, 9.17) is 0 Å². The third-order valence-corrected chi connectivity index (χ3v) is 4.71. The summed E-state index contributed by atoms with van der Waals surface area (Å²) in [6, 6.07) is 11.3. The monoisotopic (exact) mass is 249 g/mol. The molecule has 2 atom stereocenters. The van der Waals surface area contributed by atoms with Gasteiger partial charge in [0.05, 0.1) is 0 Å². The van der Waals surface area contributed by atoms with E-state index in [0.717, 1.165) is 5.92 Å². The molecule has 0 aliphatic carbocycles. The Morgan fingerprint density at radius 1 is 1.29 bits per heavy atom. The van der Waals surface area contributed by atoms with Gasteiger partial charge in [0.15, 0.2) is 0 Å². The molecule has 2 unspecified atom stereocenters. The van der Waals surface area contributed by atoms with Crippen LogP contribution in [0.1, 0.15) is 31.9 Å². The highest BCUT2D eigenvalue weighted by atomic mass is 32.2. The fraction of sp³-hybridized carbons (Fsp3) is 0.600. The maximum absolute atomic E-state index is 3.76. The summed E-state index contributed by atoms with van der Waals surface area (Å²) in [6.07, 6.45) is 1.39. The second-order valence-corrected chi connectivity index (χ2v) is 6.42. The van der Waals surface area contributed by atoms with Crippen LogP contribution in [-0.4, -0.2) is 18.1 Å². The van der Waals surface area contributed by atoms with Crippen LogP contribution in [0.15, 0.2) is 30.3 Å². The van der Waals surface area contributed by atoms with Crippen LogP contribution < -0.4 is 5.32 Å². The SMILES string of the molecule is CC(C)C(NCC1CCSC1)c1ccccc1. The van der Waals surface area contributed by atoms with Gasteiger partial charge in [0.2, 0.25) is 0 Å². The lowest BCUT2D eigenvalue weighted by Crippen LogP contribution is -2.30. The second-order valence-electron chi connectivity index (χ2n) is 5.27. The van der Waals surface area contributed by atoms with E-state index in [2.05, 4.69) is 61.3 Å². The first-order chi connectivity index (χ1) is 8.27. The van der Waals surface area contributed by atoms with Gasteiger partial charge >= 0.3 is 0 Å². The predicted octanol–water partition coefficient (Wildman–Crippen LogP) is 3.73. The van der Waals surface area contributed by atoms with Crippen molar-refractivity contribution < 1.29 is 0 Å². The smallest absolute Gasteiger partial charge is 0.0343 e. The van der Waals surface area contributed by atoms with E-state index in [1.165, 1.54) is 30.0 Å². The third-order valence-electron chi connectivity index (χ3n) is 3.48. The van der Waals surface area contributed by atoms with Crippen molar-refractivity contribution in [3.8, 4) is 0 Å². The lowest BCUT2D eigenvalue weighted by Gasteiger charge is -2.24. The quantitative estimate of drug-likeness (QED) is 0.853. The molecule has 17 heavy (non-hydrogen) atoms. The van der Waals surface area contributed by atoms with Crippen LogP contribution in [0.5, 0.6) is 0 Å². The van der Waals surface area contributed by atoms with Crippen molar-refractivity contribution in [3.63, 3.8) is 0 Å². The fourth-order valence-corrected chi connectivity index (χ4v) is 3.72. The van der Waals surface area contributed by atoms with Gasteiger partial charge in [-0.3, -0.25) is 0 Å². The molecule has 0 saturated carbocycles. The average Bonchev–Trinajstić information content (AvgIpc) is 2.83. The van der Waals surface area contributed by atoms with Crippen LogP contribution in [0.4, 0.5) is 0 Å². The van der Waals surface area contributed by atoms with Gasteiger partial charge in [0, 0.05) is 6.04 Å². The molecule has 1 saturated heterocycles. The lowest BCUT2D eigenvalue weighted by atomic mass is 9.95. The molecule has 1 aliphatic heterocycles. The molecule has 94 valence electrons. The van der Waals surface area contributed by atoms with E-state index >= 15 is 0 Å². The Morgan fingerprint density at radius 3 is 2.65 bits per heavy atom. The second kappa shape index (κ2) is 6.46. The van der Waals surface area contributed by atoms with Gasteiger partial charge in [-0.15, -0.1) is 0 Å². The van der Waals surface area contributed by atoms with Crippen LogP contribution in [-0.2, 0) is 0 Å². The first-order valence-corrected chi connectivity index (χ1v) is 7.79. The van der Waals surface area contributed by atoms with Crippen LogP contribution >= 0.6 is 11.8 Å². The lowest BCUT2D eigenvalue weighted by molar-refractivity contribution is 0.381. The fourth-order valence-electron chi connectivity index (χ4n) is 2.44. The molecule has 2 heteroatoms. The molecule has 1 aromatic carbocycles. The molecule has 1 aromatic rings. The highest BCUT2D eigenvalue weighted by Gasteiger charge is 2.19. The Hall–Kier alpha value is -0.470. The first kappa shape index (κ1) is 13.0. The van der Waals surface area contributed by atoms with Crippen LogP contribution in [0.2, 0.25) is 0 Å². The number of benzene rings is 1. The van der Waals surface area contributed by atoms with Crippen molar-refractivity contribution in [2.45, 2.75) is 26.3 Å². The van der Waals surface area contributed by atoms with E-state index < -0.39 is 0 Å². The Kier molecular flexibility index (Phi) is 4.93. The Balaban J connectivity index is 1.93. The Bertz CT molecular complexity index is 317. The first-order valence-electron chi connectivity index (χ1n) is 6.63. The van der Waals surface area contributed by atoms with Crippen molar-refractivity contribution in [2.75, 3.05) is 18.1 Å². The molecule has 0 bridgehead atoms. The minimum absolute atomic E-state index is 0.502. The number of rotatable bonds is 5. The summed E-state index contributed by atoms with van der Waals surface area (Å²) in [5.41, 5.74) is 1.42. The summed E-state index contributed by atoms with van der Waals surface area (Å²) in [7, 11) is 0. The molecule has 1 aliphatic rings. The summed E-state index contributed by atoms with van der Waals surface area (Å²) in [5.74, 6) is 4.22. The van der Waals surface area contributed by atoms with E-state index in [0.29, 0.717) is 12.0 Å². The third kappa shape index (κ3) is 3.75. The molecule has 0 radical (unpaired) electrons. The summed E-state index contributed by atoms with van der Waals surface area (Å²) < 4.78 is 0. The summed E-state index contributed by atoms with van der Waals surface area (Å²) in [4.78, 5) is 0. The zero-order chi connectivity index (χ0) is 12.1. The van der Waals surface area contributed by atoms with Gasteiger partial charge in [0.1, 0.15) is 0 Å². The van der Waals surface area contributed by atoms with E-state index in [1.54, 1.807) is 0 Å². The average molecular weight is 249 g/mol. The van der Waals surface area contributed by atoms with Gasteiger partial charge in [-0.2, -0.15) is 11.8 Å². The summed E-state index contributed by atoms with van der Waals surface area (Å²) in [5, 5.41) is 3.76. The highest BCUT2D eigenvalue weighted by Crippen LogP contribution is 2.25. The van der Waals surface area contributed by atoms with Gasteiger partial charge in [0.25, 0.3) is 0 Å². The maximum Gasteiger partial charge on any atom is 0.0343 e. The van der Waals surface area contributed by atoms with Crippen molar-refractivity contribution in [3.05, 3.63) is 35.9 Å². The van der Waals surface area contributed by atoms with Gasteiger partial charge in [-0.1, -0.05) is 44.2 Å². The number of hydrogen-bond donors (Lipinski definition) is 1. The van der Waals surface area contributed by atoms with E-state index in [1.807, 2.05) is 0 Å². The Morgan fingerprint density at radius 2 is 2.06 bits per heavy atom. The molecular weight excluding hydrogens is 226 g/mol.